The number of carbonyl (C=O) groups excluding carboxylic acids is 1. The van der Waals surface area contributed by atoms with E-state index in [9.17, 15) is 22.0 Å². The molecule has 1 aliphatic heterocycles. The molecule has 1 amide bonds. The lowest BCUT2D eigenvalue weighted by Gasteiger charge is -2.40. The number of hydrogen-bond donors (Lipinski definition) is 0. The van der Waals surface area contributed by atoms with Gasteiger partial charge in [0.1, 0.15) is 16.5 Å². The van der Waals surface area contributed by atoms with Crippen LogP contribution in [0.15, 0.2) is 23.1 Å². The summed E-state index contributed by atoms with van der Waals surface area (Å²) < 4.78 is 60.5. The van der Waals surface area contributed by atoms with E-state index in [4.69, 9.17) is 4.74 Å². The van der Waals surface area contributed by atoms with E-state index in [-0.39, 0.29) is 31.0 Å². The maximum absolute atomic E-state index is 14.3. The van der Waals surface area contributed by atoms with Crippen LogP contribution in [0.3, 0.4) is 0 Å². The Morgan fingerprint density at radius 1 is 1.12 bits per heavy atom. The second-order valence-corrected chi connectivity index (χ2v) is 11.0. The third-order valence-electron chi connectivity index (χ3n) is 6.81. The standard InChI is InChI=1S/C23H35F2N3O4S/c1-17(2)26-10-12-27(13-11-26)23(29)18-4-7-20(8-5-18)28(14-15-32-3)33(30,31)22-9-6-19(24)16-21(22)25/h6,9,16-18,20H,4-5,7-8,10-15H2,1-3H3/t18-,20-. The number of sulfonamides is 1. The van der Waals surface area contributed by atoms with Crippen molar-refractivity contribution in [3.63, 3.8) is 0 Å². The molecule has 0 spiro atoms. The number of carbonyl (C=O) groups is 1. The first-order valence-corrected chi connectivity index (χ1v) is 13.1. The van der Waals surface area contributed by atoms with Crippen LogP contribution in [-0.4, -0.2) is 87.0 Å². The first kappa shape index (κ1) is 26.0. The lowest BCUT2D eigenvalue weighted by atomic mass is 9.85. The van der Waals surface area contributed by atoms with Gasteiger partial charge in [-0.25, -0.2) is 17.2 Å². The van der Waals surface area contributed by atoms with Crippen LogP contribution in [0.4, 0.5) is 8.78 Å². The number of halogens is 2. The quantitative estimate of drug-likeness (QED) is 0.564. The molecule has 7 nitrogen and oxygen atoms in total. The summed E-state index contributed by atoms with van der Waals surface area (Å²) in [4.78, 5) is 16.8. The molecule has 1 saturated heterocycles. The molecule has 0 aromatic heterocycles. The number of benzene rings is 1. The van der Waals surface area contributed by atoms with Gasteiger partial charge in [-0.1, -0.05) is 0 Å². The summed E-state index contributed by atoms with van der Waals surface area (Å²) in [6.07, 6.45) is 2.18. The minimum Gasteiger partial charge on any atom is -0.383 e. The molecule has 1 heterocycles. The van der Waals surface area contributed by atoms with Crippen molar-refractivity contribution < 1.29 is 26.7 Å². The highest BCUT2D eigenvalue weighted by Crippen LogP contribution is 2.33. The van der Waals surface area contributed by atoms with Gasteiger partial charge in [0.05, 0.1) is 6.61 Å². The molecule has 186 valence electrons. The van der Waals surface area contributed by atoms with Crippen molar-refractivity contribution in [3.8, 4) is 0 Å². The highest BCUT2D eigenvalue weighted by atomic mass is 32.2. The van der Waals surface area contributed by atoms with Gasteiger partial charge in [0.15, 0.2) is 0 Å². The van der Waals surface area contributed by atoms with Crippen molar-refractivity contribution in [3.05, 3.63) is 29.8 Å². The predicted molar refractivity (Wildman–Crippen MR) is 121 cm³/mol. The van der Waals surface area contributed by atoms with Crippen LogP contribution in [-0.2, 0) is 19.6 Å². The summed E-state index contributed by atoms with van der Waals surface area (Å²) in [6, 6.07) is 2.58. The fourth-order valence-electron chi connectivity index (χ4n) is 4.82. The second-order valence-electron chi connectivity index (χ2n) is 9.14. The molecule has 1 aromatic rings. The van der Waals surface area contributed by atoms with Crippen molar-refractivity contribution >= 4 is 15.9 Å². The summed E-state index contributed by atoms with van der Waals surface area (Å²) in [5.41, 5.74) is 0. The molecular formula is C23H35F2N3O4S. The first-order chi connectivity index (χ1) is 15.6. The fourth-order valence-corrected chi connectivity index (χ4v) is 6.53. The summed E-state index contributed by atoms with van der Waals surface area (Å²) >= 11 is 0. The van der Waals surface area contributed by atoms with Crippen LogP contribution >= 0.6 is 0 Å². The lowest BCUT2D eigenvalue weighted by Crippen LogP contribution is -2.52. The van der Waals surface area contributed by atoms with E-state index in [1.165, 1.54) is 11.4 Å². The maximum atomic E-state index is 14.3. The smallest absolute Gasteiger partial charge is 0.246 e. The maximum Gasteiger partial charge on any atom is 0.246 e. The second kappa shape index (κ2) is 11.2. The van der Waals surface area contributed by atoms with Gasteiger partial charge in [0.2, 0.25) is 15.9 Å². The molecule has 2 aliphatic rings. The number of amides is 1. The topological polar surface area (TPSA) is 70.2 Å². The van der Waals surface area contributed by atoms with Crippen LogP contribution < -0.4 is 0 Å². The Kier molecular flexibility index (Phi) is 8.82. The number of rotatable bonds is 8. The molecule has 1 aliphatic carbocycles. The van der Waals surface area contributed by atoms with Crippen molar-refractivity contribution in [2.24, 2.45) is 5.92 Å². The van der Waals surface area contributed by atoms with Gasteiger partial charge in [-0.15, -0.1) is 0 Å². The van der Waals surface area contributed by atoms with E-state index in [0.29, 0.717) is 37.8 Å². The van der Waals surface area contributed by atoms with Crippen molar-refractivity contribution in [2.45, 2.75) is 56.5 Å². The summed E-state index contributed by atoms with van der Waals surface area (Å²) in [5, 5.41) is 0. The zero-order valence-electron chi connectivity index (χ0n) is 19.7. The van der Waals surface area contributed by atoms with Gasteiger partial charge in [-0.3, -0.25) is 9.69 Å². The molecule has 0 atom stereocenters. The lowest BCUT2D eigenvalue weighted by molar-refractivity contribution is -0.138. The molecule has 2 fully saturated rings. The SMILES string of the molecule is COCCN([C@H]1CC[C@H](C(=O)N2CCN(C(C)C)CC2)CC1)S(=O)(=O)c1ccc(F)cc1F. The van der Waals surface area contributed by atoms with Crippen LogP contribution in [0, 0.1) is 17.6 Å². The third kappa shape index (κ3) is 6.09. The average molecular weight is 488 g/mol. The largest absolute Gasteiger partial charge is 0.383 e. The molecular weight excluding hydrogens is 452 g/mol. The predicted octanol–water partition coefficient (Wildman–Crippen LogP) is 2.71. The third-order valence-corrected chi connectivity index (χ3v) is 8.79. The van der Waals surface area contributed by atoms with E-state index in [1.54, 1.807) is 0 Å². The minimum atomic E-state index is -4.18. The monoisotopic (exact) mass is 487 g/mol. The molecule has 33 heavy (non-hydrogen) atoms. The van der Waals surface area contributed by atoms with Crippen molar-refractivity contribution in [2.75, 3.05) is 46.4 Å². The molecule has 0 bridgehead atoms. The van der Waals surface area contributed by atoms with Gasteiger partial charge in [0, 0.05) is 63.9 Å². The Morgan fingerprint density at radius 2 is 1.76 bits per heavy atom. The molecule has 10 heteroatoms. The van der Waals surface area contributed by atoms with E-state index in [0.717, 1.165) is 38.3 Å². The Bertz CT molecular complexity index is 912. The van der Waals surface area contributed by atoms with Gasteiger partial charge in [-0.05, 0) is 51.7 Å². The number of methoxy groups -OCH3 is 1. The number of piperazine rings is 1. The average Bonchev–Trinajstić information content (AvgIpc) is 2.79. The summed E-state index contributed by atoms with van der Waals surface area (Å²) in [5.74, 6) is -1.92. The Balaban J connectivity index is 1.66. The van der Waals surface area contributed by atoms with Crippen LogP contribution in [0.1, 0.15) is 39.5 Å². The fraction of sp³-hybridized carbons (Fsp3) is 0.696. The normalized spacial score (nSPS) is 22.8. The number of nitrogens with zero attached hydrogens (tertiary/aromatic N) is 3. The van der Waals surface area contributed by atoms with E-state index >= 15 is 0 Å². The van der Waals surface area contributed by atoms with Crippen LogP contribution in [0.25, 0.3) is 0 Å². The van der Waals surface area contributed by atoms with E-state index < -0.39 is 26.6 Å². The zero-order valence-corrected chi connectivity index (χ0v) is 20.5. The molecule has 3 rings (SSSR count). The first-order valence-electron chi connectivity index (χ1n) is 11.6. The van der Waals surface area contributed by atoms with Gasteiger partial charge in [-0.2, -0.15) is 4.31 Å². The van der Waals surface area contributed by atoms with E-state index in [2.05, 4.69) is 18.7 Å². The highest BCUT2D eigenvalue weighted by molar-refractivity contribution is 7.89. The van der Waals surface area contributed by atoms with E-state index in [1.807, 2.05) is 4.90 Å². The zero-order chi connectivity index (χ0) is 24.2. The molecule has 1 aromatic carbocycles. The highest BCUT2D eigenvalue weighted by Gasteiger charge is 2.38. The number of hydrogen-bond acceptors (Lipinski definition) is 5. The van der Waals surface area contributed by atoms with Crippen molar-refractivity contribution in [1.82, 2.24) is 14.1 Å². The molecule has 0 radical (unpaired) electrons. The Morgan fingerprint density at radius 3 is 2.30 bits per heavy atom. The van der Waals surface area contributed by atoms with Gasteiger partial charge in [0.25, 0.3) is 0 Å². The van der Waals surface area contributed by atoms with Gasteiger partial charge < -0.3 is 9.64 Å². The Labute approximate surface area is 195 Å². The molecule has 1 saturated carbocycles. The summed E-state index contributed by atoms with van der Waals surface area (Å²) in [6.45, 7) is 7.69. The van der Waals surface area contributed by atoms with Crippen LogP contribution in [0.5, 0.6) is 0 Å². The Hall–Kier alpha value is -1.62. The minimum absolute atomic E-state index is 0.0656. The molecule has 0 unspecified atom stereocenters. The number of ether oxygens (including phenoxy) is 1. The summed E-state index contributed by atoms with van der Waals surface area (Å²) in [7, 11) is -2.71. The molecule has 0 N–H and O–H groups in total. The van der Waals surface area contributed by atoms with Crippen molar-refractivity contribution in [1.29, 1.82) is 0 Å². The van der Waals surface area contributed by atoms with Crippen LogP contribution in [0.2, 0.25) is 0 Å². The van der Waals surface area contributed by atoms with Gasteiger partial charge >= 0.3 is 0 Å².